The lowest BCUT2D eigenvalue weighted by Crippen LogP contribution is -2.45. The summed E-state index contributed by atoms with van der Waals surface area (Å²) in [7, 11) is -1.78. The topological polar surface area (TPSA) is 27.1 Å². The van der Waals surface area contributed by atoms with Crippen LogP contribution in [0.1, 0.15) is 0 Å². The molecule has 2 rings (SSSR count). The van der Waals surface area contributed by atoms with E-state index in [0.717, 1.165) is 11.4 Å². The molecule has 0 aliphatic rings. The van der Waals surface area contributed by atoms with Crippen LogP contribution in [-0.2, 0) is 6.17 Å². The molecule has 3 nitrogen and oxygen atoms in total. The molecule has 7 heteroatoms. The first-order chi connectivity index (χ1) is 9.26. The highest BCUT2D eigenvalue weighted by molar-refractivity contribution is 6.88. The van der Waals surface area contributed by atoms with Gasteiger partial charge in [-0.15, -0.1) is 13.2 Å². The van der Waals surface area contributed by atoms with Crippen molar-refractivity contribution in [2.45, 2.75) is 25.6 Å². The van der Waals surface area contributed by atoms with Crippen molar-refractivity contribution in [3.8, 4) is 5.75 Å². The maximum absolute atomic E-state index is 12.1. The largest absolute Gasteiger partial charge is 0.573 e. The van der Waals surface area contributed by atoms with E-state index >= 15 is 0 Å². The maximum atomic E-state index is 12.1. The zero-order chi connectivity index (χ0) is 14.8. The summed E-state index contributed by atoms with van der Waals surface area (Å²) in [5, 5.41) is 1.07. The number of hydrogen-bond donors (Lipinski definition) is 0. The first-order valence-electron chi connectivity index (χ1n) is 6.08. The Labute approximate surface area is 116 Å². The minimum absolute atomic E-state index is 0.186. The van der Waals surface area contributed by atoms with Gasteiger partial charge < -0.3 is 9.30 Å². The zero-order valence-electron chi connectivity index (χ0n) is 11.2. The Morgan fingerprint density at radius 1 is 1.20 bits per heavy atom. The van der Waals surface area contributed by atoms with Crippen LogP contribution in [0.25, 0.3) is 0 Å². The molecule has 0 fully saturated rings. The SMILES string of the molecule is C[Si](C)(Cn1ccnc1)c1ccc(OC(F)(F)F)cc1. The van der Waals surface area contributed by atoms with E-state index in [4.69, 9.17) is 0 Å². The summed E-state index contributed by atoms with van der Waals surface area (Å²) in [4.78, 5) is 3.99. The highest BCUT2D eigenvalue weighted by Crippen LogP contribution is 2.22. The number of halogens is 3. The summed E-state index contributed by atoms with van der Waals surface area (Å²) >= 11 is 0. The van der Waals surface area contributed by atoms with Gasteiger partial charge in [0.05, 0.1) is 6.33 Å². The lowest BCUT2D eigenvalue weighted by Gasteiger charge is -2.23. The van der Waals surface area contributed by atoms with Crippen molar-refractivity contribution in [1.29, 1.82) is 0 Å². The molecule has 0 amide bonds. The second kappa shape index (κ2) is 5.32. The molecule has 0 unspecified atom stereocenters. The van der Waals surface area contributed by atoms with E-state index in [1.54, 1.807) is 24.7 Å². The molecule has 0 radical (unpaired) electrons. The van der Waals surface area contributed by atoms with E-state index in [2.05, 4.69) is 22.8 Å². The van der Waals surface area contributed by atoms with E-state index < -0.39 is 14.4 Å². The zero-order valence-corrected chi connectivity index (χ0v) is 12.2. The van der Waals surface area contributed by atoms with Crippen molar-refractivity contribution in [2.24, 2.45) is 0 Å². The molecule has 1 aromatic heterocycles. The first-order valence-corrected chi connectivity index (χ1v) is 9.29. The number of imidazole rings is 1. The third kappa shape index (κ3) is 3.86. The summed E-state index contributed by atoms with van der Waals surface area (Å²) in [5.41, 5.74) is 0. The smallest absolute Gasteiger partial charge is 0.406 e. The van der Waals surface area contributed by atoms with E-state index in [1.807, 2.05) is 10.8 Å². The van der Waals surface area contributed by atoms with Crippen LogP contribution in [0.5, 0.6) is 5.75 Å². The van der Waals surface area contributed by atoms with E-state index in [9.17, 15) is 13.2 Å². The van der Waals surface area contributed by atoms with Gasteiger partial charge in [0.1, 0.15) is 13.8 Å². The molecule has 2 aromatic rings. The summed E-state index contributed by atoms with van der Waals surface area (Å²) in [5.74, 6) is -0.186. The normalized spacial score (nSPS) is 12.4. The van der Waals surface area contributed by atoms with Crippen LogP contribution in [0.15, 0.2) is 43.0 Å². The molecule has 0 saturated carbocycles. The summed E-state index contributed by atoms with van der Waals surface area (Å²) < 4.78 is 42.2. The molecule has 0 saturated heterocycles. The molecule has 0 N–H and O–H groups in total. The quantitative estimate of drug-likeness (QED) is 0.812. The number of hydrogen-bond acceptors (Lipinski definition) is 2. The van der Waals surface area contributed by atoms with Crippen molar-refractivity contribution in [3.05, 3.63) is 43.0 Å². The minimum Gasteiger partial charge on any atom is -0.406 e. The molecule has 0 atom stereocenters. The molecule has 1 aromatic carbocycles. The number of aromatic nitrogens is 2. The summed E-state index contributed by atoms with van der Waals surface area (Å²) in [6.45, 7) is 4.32. The van der Waals surface area contributed by atoms with Crippen molar-refractivity contribution in [2.75, 3.05) is 0 Å². The summed E-state index contributed by atoms with van der Waals surface area (Å²) in [6.07, 6.45) is 1.52. The average molecular weight is 300 g/mol. The summed E-state index contributed by atoms with van der Waals surface area (Å²) in [6, 6.07) is 6.16. The third-order valence-electron chi connectivity index (χ3n) is 3.01. The average Bonchev–Trinajstić information content (AvgIpc) is 2.79. The fourth-order valence-corrected chi connectivity index (χ4v) is 4.39. The number of benzene rings is 1. The van der Waals surface area contributed by atoms with Gasteiger partial charge in [-0.2, -0.15) is 0 Å². The third-order valence-corrected chi connectivity index (χ3v) is 6.06. The fourth-order valence-electron chi connectivity index (χ4n) is 2.04. The second-order valence-electron chi connectivity index (χ2n) is 5.19. The number of nitrogens with zero attached hydrogens (tertiary/aromatic N) is 2. The molecule has 0 aliphatic heterocycles. The van der Waals surface area contributed by atoms with Crippen molar-refractivity contribution in [1.82, 2.24) is 9.55 Å². The van der Waals surface area contributed by atoms with Gasteiger partial charge in [-0.25, -0.2) is 4.98 Å². The van der Waals surface area contributed by atoms with Gasteiger partial charge in [0.25, 0.3) is 0 Å². The second-order valence-corrected chi connectivity index (χ2v) is 9.85. The van der Waals surface area contributed by atoms with Crippen molar-refractivity contribution < 1.29 is 17.9 Å². The molecular formula is C13H15F3N2OSi. The predicted molar refractivity (Wildman–Crippen MR) is 72.5 cm³/mol. The fraction of sp³-hybridized carbons (Fsp3) is 0.308. The van der Waals surface area contributed by atoms with Crippen LogP contribution >= 0.6 is 0 Å². The Morgan fingerprint density at radius 2 is 1.85 bits per heavy atom. The van der Waals surface area contributed by atoms with Crippen LogP contribution in [0.2, 0.25) is 13.1 Å². The molecular weight excluding hydrogens is 285 g/mol. The lowest BCUT2D eigenvalue weighted by molar-refractivity contribution is -0.274. The predicted octanol–water partition coefficient (Wildman–Crippen LogP) is 2.94. The molecule has 108 valence electrons. The number of ether oxygens (including phenoxy) is 1. The Balaban J connectivity index is 2.12. The van der Waals surface area contributed by atoms with Crippen molar-refractivity contribution in [3.63, 3.8) is 0 Å². The molecule has 1 heterocycles. The Hall–Kier alpha value is -1.76. The van der Waals surface area contributed by atoms with Crippen LogP contribution in [-0.4, -0.2) is 24.0 Å². The van der Waals surface area contributed by atoms with E-state index in [1.165, 1.54) is 12.1 Å². The van der Waals surface area contributed by atoms with E-state index in [0.29, 0.717) is 0 Å². The highest BCUT2D eigenvalue weighted by atomic mass is 28.3. The van der Waals surface area contributed by atoms with Crippen LogP contribution < -0.4 is 9.92 Å². The standard InChI is InChI=1S/C13H15F3N2OSi/c1-20(2,10-18-8-7-17-9-18)12-5-3-11(4-6-12)19-13(14,15)16/h3-9H,10H2,1-2H3. The molecule has 0 aliphatic carbocycles. The van der Waals surface area contributed by atoms with Gasteiger partial charge in [-0.05, 0) is 12.1 Å². The molecule has 0 spiro atoms. The van der Waals surface area contributed by atoms with Gasteiger partial charge >= 0.3 is 6.36 Å². The monoisotopic (exact) mass is 300 g/mol. The molecule has 0 bridgehead atoms. The van der Waals surface area contributed by atoms with E-state index in [-0.39, 0.29) is 5.75 Å². The van der Waals surface area contributed by atoms with Crippen LogP contribution in [0, 0.1) is 0 Å². The number of alkyl halides is 3. The lowest BCUT2D eigenvalue weighted by atomic mass is 10.3. The van der Waals surface area contributed by atoms with Gasteiger partial charge in [0.15, 0.2) is 0 Å². The Kier molecular flexibility index (Phi) is 3.89. The van der Waals surface area contributed by atoms with Crippen molar-refractivity contribution >= 4 is 13.3 Å². The molecule has 20 heavy (non-hydrogen) atoms. The first kappa shape index (κ1) is 14.6. The van der Waals surface area contributed by atoms with Gasteiger partial charge in [0.2, 0.25) is 0 Å². The van der Waals surface area contributed by atoms with Gasteiger partial charge in [-0.3, -0.25) is 0 Å². The van der Waals surface area contributed by atoms with Gasteiger partial charge in [-0.1, -0.05) is 30.4 Å². The van der Waals surface area contributed by atoms with Crippen LogP contribution in [0.3, 0.4) is 0 Å². The van der Waals surface area contributed by atoms with Gasteiger partial charge in [0, 0.05) is 18.6 Å². The Morgan fingerprint density at radius 3 is 2.35 bits per heavy atom. The highest BCUT2D eigenvalue weighted by Gasteiger charge is 2.31. The minimum atomic E-state index is -4.65. The number of rotatable bonds is 4. The van der Waals surface area contributed by atoms with Crippen LogP contribution in [0.4, 0.5) is 13.2 Å². The Bertz CT molecular complexity index is 550. The maximum Gasteiger partial charge on any atom is 0.573 e.